The molecule has 1 aromatic rings. The van der Waals surface area contributed by atoms with Crippen molar-refractivity contribution in [1.82, 2.24) is 5.32 Å². The molecular weight excluding hydrogens is 250 g/mol. The molecule has 0 aromatic heterocycles. The van der Waals surface area contributed by atoms with Crippen LogP contribution in [-0.4, -0.2) is 30.4 Å². The zero-order valence-electron chi connectivity index (χ0n) is 12.9. The van der Waals surface area contributed by atoms with Gasteiger partial charge in [-0.2, -0.15) is 0 Å². The second kappa shape index (κ2) is 6.59. The van der Waals surface area contributed by atoms with Gasteiger partial charge in [-0.25, -0.2) is 0 Å². The monoisotopic (exact) mass is 277 g/mol. The highest BCUT2D eigenvalue weighted by Crippen LogP contribution is 2.28. The van der Waals surface area contributed by atoms with E-state index >= 15 is 0 Å². The summed E-state index contributed by atoms with van der Waals surface area (Å²) in [6.07, 6.45) is 5.12. The highest BCUT2D eigenvalue weighted by molar-refractivity contribution is 5.37. The van der Waals surface area contributed by atoms with Crippen molar-refractivity contribution in [1.29, 1.82) is 0 Å². The maximum Gasteiger partial charge on any atom is 0.122 e. The highest BCUT2D eigenvalue weighted by Gasteiger charge is 2.27. The Morgan fingerprint density at radius 3 is 2.85 bits per heavy atom. The molecule has 0 radical (unpaired) electrons. The van der Waals surface area contributed by atoms with Crippen LogP contribution in [-0.2, 0) is 6.42 Å². The Morgan fingerprint density at radius 2 is 2.20 bits per heavy atom. The normalized spacial score (nSPS) is 22.3. The lowest BCUT2D eigenvalue weighted by Crippen LogP contribution is -2.41. The lowest BCUT2D eigenvalue weighted by atomic mass is 9.86. The third-order valence-electron chi connectivity index (χ3n) is 4.11. The molecule has 1 aliphatic heterocycles. The molecule has 1 saturated heterocycles. The summed E-state index contributed by atoms with van der Waals surface area (Å²) in [4.78, 5) is 0. The Morgan fingerprint density at radius 1 is 1.40 bits per heavy atom. The number of piperidine rings is 1. The molecule has 1 aromatic carbocycles. The van der Waals surface area contributed by atoms with Crippen molar-refractivity contribution in [2.75, 3.05) is 13.7 Å². The van der Waals surface area contributed by atoms with E-state index in [1.807, 2.05) is 19.1 Å². The number of aliphatic hydroxyl groups is 1. The molecule has 3 heteroatoms. The number of hydrogen-bond donors (Lipinski definition) is 2. The zero-order chi connectivity index (χ0) is 14.6. The molecule has 0 aliphatic carbocycles. The second-order valence-electron chi connectivity index (χ2n) is 6.34. The summed E-state index contributed by atoms with van der Waals surface area (Å²) in [5.41, 5.74) is 1.59. The number of benzene rings is 1. The average molecular weight is 277 g/mol. The summed E-state index contributed by atoms with van der Waals surface area (Å²) < 4.78 is 5.41. The Bertz CT molecular complexity index is 437. The molecule has 0 bridgehead atoms. The number of rotatable bonds is 5. The number of nitrogens with one attached hydrogen (secondary N) is 1. The first-order valence-corrected chi connectivity index (χ1v) is 7.59. The fourth-order valence-electron chi connectivity index (χ4n) is 3.16. The fourth-order valence-corrected chi connectivity index (χ4v) is 3.16. The molecule has 2 rings (SSSR count). The molecule has 20 heavy (non-hydrogen) atoms. The van der Waals surface area contributed by atoms with E-state index in [4.69, 9.17) is 4.74 Å². The lowest BCUT2D eigenvalue weighted by molar-refractivity contribution is 0.0366. The Labute approximate surface area is 122 Å². The summed E-state index contributed by atoms with van der Waals surface area (Å²) in [6, 6.07) is 6.58. The summed E-state index contributed by atoms with van der Waals surface area (Å²) >= 11 is 0. The third kappa shape index (κ3) is 4.22. The molecule has 3 nitrogen and oxygen atoms in total. The van der Waals surface area contributed by atoms with Crippen molar-refractivity contribution in [2.24, 2.45) is 0 Å². The fraction of sp³-hybridized carbons (Fsp3) is 0.647. The number of aryl methyl sites for hydroxylation is 1. The Balaban J connectivity index is 2.04. The van der Waals surface area contributed by atoms with Gasteiger partial charge in [-0.15, -0.1) is 0 Å². The smallest absolute Gasteiger partial charge is 0.122 e. The number of ether oxygens (including phenoxy) is 1. The van der Waals surface area contributed by atoms with Crippen LogP contribution in [0.15, 0.2) is 18.2 Å². The van der Waals surface area contributed by atoms with Gasteiger partial charge in [-0.1, -0.05) is 24.1 Å². The first-order valence-electron chi connectivity index (χ1n) is 7.59. The van der Waals surface area contributed by atoms with Crippen molar-refractivity contribution in [2.45, 2.75) is 57.6 Å². The van der Waals surface area contributed by atoms with Crippen LogP contribution in [0, 0.1) is 6.92 Å². The van der Waals surface area contributed by atoms with Crippen molar-refractivity contribution in [3.05, 3.63) is 29.3 Å². The predicted molar refractivity (Wildman–Crippen MR) is 82.3 cm³/mol. The molecular formula is C17H27NO2. The first-order chi connectivity index (χ1) is 9.50. The summed E-state index contributed by atoms with van der Waals surface area (Å²) in [5, 5.41) is 14.2. The van der Waals surface area contributed by atoms with Gasteiger partial charge in [-0.3, -0.25) is 0 Å². The lowest BCUT2D eigenvalue weighted by Gasteiger charge is -2.32. The van der Waals surface area contributed by atoms with E-state index in [0.717, 1.165) is 24.3 Å². The van der Waals surface area contributed by atoms with Crippen LogP contribution in [0.2, 0.25) is 0 Å². The van der Waals surface area contributed by atoms with Crippen LogP contribution in [0.4, 0.5) is 0 Å². The van der Waals surface area contributed by atoms with Gasteiger partial charge < -0.3 is 15.2 Å². The largest absolute Gasteiger partial charge is 0.496 e. The zero-order valence-corrected chi connectivity index (χ0v) is 12.9. The molecule has 1 heterocycles. The van der Waals surface area contributed by atoms with Crippen LogP contribution < -0.4 is 10.1 Å². The van der Waals surface area contributed by atoms with Gasteiger partial charge in [0, 0.05) is 12.5 Å². The van der Waals surface area contributed by atoms with Crippen LogP contribution in [0.1, 0.15) is 43.7 Å². The van der Waals surface area contributed by atoms with Crippen molar-refractivity contribution in [3.8, 4) is 5.75 Å². The number of methoxy groups -OCH3 is 1. The molecule has 0 spiro atoms. The maximum absolute atomic E-state index is 10.7. The van der Waals surface area contributed by atoms with Crippen molar-refractivity contribution < 1.29 is 9.84 Å². The first kappa shape index (κ1) is 15.3. The third-order valence-corrected chi connectivity index (χ3v) is 4.11. The minimum absolute atomic E-state index is 0.439. The summed E-state index contributed by atoms with van der Waals surface area (Å²) in [7, 11) is 1.69. The van der Waals surface area contributed by atoms with E-state index in [-0.39, 0.29) is 0 Å². The standard InChI is InChI=1S/C17H27NO2/c1-13-7-8-16(20-3)14(10-13)11-17(2,19)12-15-6-4-5-9-18-15/h7-8,10,15,18-19H,4-6,9,11-12H2,1-3H3. The maximum atomic E-state index is 10.7. The highest BCUT2D eigenvalue weighted by atomic mass is 16.5. The quantitative estimate of drug-likeness (QED) is 0.869. The van der Waals surface area contributed by atoms with Gasteiger partial charge in [0.25, 0.3) is 0 Å². The summed E-state index contributed by atoms with van der Waals surface area (Å²) in [5.74, 6) is 0.868. The van der Waals surface area contributed by atoms with Gasteiger partial charge in [0.1, 0.15) is 5.75 Å². The van der Waals surface area contributed by atoms with E-state index in [9.17, 15) is 5.11 Å². The predicted octanol–water partition coefficient (Wildman–Crippen LogP) is 2.83. The second-order valence-corrected chi connectivity index (χ2v) is 6.34. The topological polar surface area (TPSA) is 41.5 Å². The molecule has 1 fully saturated rings. The van der Waals surface area contributed by atoms with E-state index in [0.29, 0.717) is 12.5 Å². The minimum Gasteiger partial charge on any atom is -0.496 e. The molecule has 2 atom stereocenters. The van der Waals surface area contributed by atoms with Gasteiger partial charge >= 0.3 is 0 Å². The van der Waals surface area contributed by atoms with E-state index < -0.39 is 5.60 Å². The number of hydrogen-bond acceptors (Lipinski definition) is 3. The van der Waals surface area contributed by atoms with Crippen LogP contribution in [0.25, 0.3) is 0 Å². The molecule has 0 saturated carbocycles. The van der Waals surface area contributed by atoms with E-state index in [1.54, 1.807) is 7.11 Å². The Hall–Kier alpha value is -1.06. The van der Waals surface area contributed by atoms with Crippen LogP contribution in [0.3, 0.4) is 0 Å². The van der Waals surface area contributed by atoms with E-state index in [2.05, 4.69) is 18.3 Å². The van der Waals surface area contributed by atoms with Crippen molar-refractivity contribution >= 4 is 0 Å². The molecule has 0 amide bonds. The van der Waals surface area contributed by atoms with Gasteiger partial charge in [0.2, 0.25) is 0 Å². The molecule has 2 unspecified atom stereocenters. The molecule has 2 N–H and O–H groups in total. The van der Waals surface area contributed by atoms with Gasteiger partial charge in [0.05, 0.1) is 12.7 Å². The average Bonchev–Trinajstić information content (AvgIpc) is 2.39. The van der Waals surface area contributed by atoms with Gasteiger partial charge in [-0.05, 0) is 51.3 Å². The van der Waals surface area contributed by atoms with Crippen LogP contribution >= 0.6 is 0 Å². The Kier molecular flexibility index (Phi) is 5.06. The molecule has 112 valence electrons. The van der Waals surface area contributed by atoms with Crippen molar-refractivity contribution in [3.63, 3.8) is 0 Å². The summed E-state index contributed by atoms with van der Waals surface area (Å²) in [6.45, 7) is 5.08. The van der Waals surface area contributed by atoms with Crippen LogP contribution in [0.5, 0.6) is 5.75 Å². The minimum atomic E-state index is -0.698. The van der Waals surface area contributed by atoms with Gasteiger partial charge in [0.15, 0.2) is 0 Å². The SMILES string of the molecule is COc1ccc(C)cc1CC(C)(O)CC1CCCCN1. The molecule has 1 aliphatic rings. The van der Waals surface area contributed by atoms with E-state index in [1.165, 1.54) is 24.8 Å².